The van der Waals surface area contributed by atoms with E-state index in [1.807, 2.05) is 7.11 Å². The molecule has 3 nitrogen and oxygen atoms in total. The van der Waals surface area contributed by atoms with Crippen molar-refractivity contribution in [1.82, 2.24) is 10.2 Å². The number of rotatable bonds is 12. The number of methoxy groups -OCH3 is 1. The maximum absolute atomic E-state index is 5.61. The summed E-state index contributed by atoms with van der Waals surface area (Å²) in [6.45, 7) is 19.2. The molecular formula is C18H40N2O. The largest absolute Gasteiger partial charge is 0.379 e. The van der Waals surface area contributed by atoms with Crippen LogP contribution in [0.2, 0.25) is 0 Å². The van der Waals surface area contributed by atoms with Crippen molar-refractivity contribution < 1.29 is 4.74 Å². The molecule has 0 aliphatic carbocycles. The van der Waals surface area contributed by atoms with E-state index in [0.717, 1.165) is 32.5 Å². The zero-order valence-corrected chi connectivity index (χ0v) is 15.9. The Kier molecular flexibility index (Phi) is 9.75. The molecule has 3 heteroatoms. The van der Waals surface area contributed by atoms with Crippen molar-refractivity contribution in [2.45, 2.75) is 91.3 Å². The second-order valence-electron chi connectivity index (χ2n) is 6.89. The summed E-state index contributed by atoms with van der Waals surface area (Å²) in [5.41, 5.74) is 0.173. The number of nitrogens with one attached hydrogen (secondary N) is 1. The highest BCUT2D eigenvalue weighted by atomic mass is 16.5. The van der Waals surface area contributed by atoms with Gasteiger partial charge in [0.15, 0.2) is 0 Å². The fourth-order valence-corrected chi connectivity index (χ4v) is 3.18. The third-order valence-electron chi connectivity index (χ3n) is 5.18. The summed E-state index contributed by atoms with van der Waals surface area (Å²) in [6, 6.07) is 0.511. The second kappa shape index (κ2) is 9.81. The molecule has 0 bridgehead atoms. The van der Waals surface area contributed by atoms with Gasteiger partial charge in [-0.25, -0.2) is 0 Å². The quantitative estimate of drug-likeness (QED) is 0.588. The van der Waals surface area contributed by atoms with E-state index >= 15 is 0 Å². The first kappa shape index (κ1) is 20.9. The molecule has 1 N–H and O–H groups in total. The van der Waals surface area contributed by atoms with Gasteiger partial charge < -0.3 is 10.1 Å². The fraction of sp³-hybridized carbons (Fsp3) is 1.00. The molecule has 21 heavy (non-hydrogen) atoms. The average Bonchev–Trinajstić information content (AvgIpc) is 2.48. The number of hydrogen-bond acceptors (Lipinski definition) is 3. The minimum absolute atomic E-state index is 0.0376. The van der Waals surface area contributed by atoms with Gasteiger partial charge in [-0.1, -0.05) is 27.7 Å². The summed E-state index contributed by atoms with van der Waals surface area (Å²) in [5.74, 6) is 0. The molecule has 0 saturated heterocycles. The van der Waals surface area contributed by atoms with Gasteiger partial charge in [-0.05, 0) is 66.1 Å². The Balaban J connectivity index is 5.06. The molecule has 0 aliphatic heterocycles. The topological polar surface area (TPSA) is 24.5 Å². The van der Waals surface area contributed by atoms with Crippen LogP contribution in [-0.4, -0.2) is 48.8 Å². The minimum Gasteiger partial charge on any atom is -0.379 e. The normalized spacial score (nSPS) is 17.0. The maximum Gasteiger partial charge on any atom is 0.0623 e. The van der Waals surface area contributed by atoms with E-state index in [1.54, 1.807) is 0 Å². The predicted molar refractivity (Wildman–Crippen MR) is 94.0 cm³/mol. The van der Waals surface area contributed by atoms with E-state index in [1.165, 1.54) is 12.8 Å². The molecule has 0 rings (SSSR count). The summed E-state index contributed by atoms with van der Waals surface area (Å²) in [4.78, 5) is 2.61. The molecular weight excluding hydrogens is 260 g/mol. The van der Waals surface area contributed by atoms with Crippen LogP contribution >= 0.6 is 0 Å². The molecule has 0 saturated carbocycles. The molecule has 0 aromatic rings. The second-order valence-corrected chi connectivity index (χ2v) is 6.89. The molecule has 0 aromatic carbocycles. The van der Waals surface area contributed by atoms with Crippen LogP contribution in [-0.2, 0) is 4.74 Å². The molecule has 2 unspecified atom stereocenters. The van der Waals surface area contributed by atoms with Crippen molar-refractivity contribution in [3.63, 3.8) is 0 Å². The number of hydrogen-bond donors (Lipinski definition) is 1. The molecule has 2 atom stereocenters. The summed E-state index contributed by atoms with van der Waals surface area (Å²) in [6.07, 6.45) is 4.59. The Morgan fingerprint density at radius 2 is 1.62 bits per heavy atom. The standard InChI is InChI=1S/C18H40N2O/c1-9-15-19-16(13-14-17(5,6)21-8)18(7,10-2)20(11-3)12-4/h16,19H,9-15H2,1-8H3. The molecule has 0 amide bonds. The van der Waals surface area contributed by atoms with Crippen molar-refractivity contribution in [2.24, 2.45) is 0 Å². The summed E-state index contributed by atoms with van der Waals surface area (Å²) >= 11 is 0. The predicted octanol–water partition coefficient (Wildman–Crippen LogP) is 4.07. The first-order valence-electron chi connectivity index (χ1n) is 8.84. The van der Waals surface area contributed by atoms with E-state index in [-0.39, 0.29) is 11.1 Å². The van der Waals surface area contributed by atoms with E-state index in [4.69, 9.17) is 4.74 Å². The van der Waals surface area contributed by atoms with Crippen molar-refractivity contribution >= 4 is 0 Å². The van der Waals surface area contributed by atoms with Crippen molar-refractivity contribution in [1.29, 1.82) is 0 Å². The van der Waals surface area contributed by atoms with Crippen LogP contribution in [0.15, 0.2) is 0 Å². The van der Waals surface area contributed by atoms with Crippen molar-refractivity contribution in [3.8, 4) is 0 Å². The third kappa shape index (κ3) is 6.25. The Bertz CT molecular complexity index is 264. The fourth-order valence-electron chi connectivity index (χ4n) is 3.18. The van der Waals surface area contributed by atoms with Crippen molar-refractivity contribution in [2.75, 3.05) is 26.7 Å². The monoisotopic (exact) mass is 300 g/mol. The smallest absolute Gasteiger partial charge is 0.0623 e. The van der Waals surface area contributed by atoms with Gasteiger partial charge in [0.1, 0.15) is 0 Å². The molecule has 0 spiro atoms. The zero-order valence-electron chi connectivity index (χ0n) is 15.9. The van der Waals surface area contributed by atoms with Crippen LogP contribution < -0.4 is 5.32 Å². The Labute approximate surface area is 133 Å². The Morgan fingerprint density at radius 3 is 2.00 bits per heavy atom. The van der Waals surface area contributed by atoms with Crippen LogP contribution in [0.4, 0.5) is 0 Å². The van der Waals surface area contributed by atoms with E-state index in [0.29, 0.717) is 6.04 Å². The summed E-state index contributed by atoms with van der Waals surface area (Å²) in [5, 5.41) is 3.81. The van der Waals surface area contributed by atoms with Gasteiger partial charge in [-0.3, -0.25) is 4.90 Å². The van der Waals surface area contributed by atoms with Gasteiger partial charge in [0.2, 0.25) is 0 Å². The van der Waals surface area contributed by atoms with Crippen molar-refractivity contribution in [3.05, 3.63) is 0 Å². The number of ether oxygens (including phenoxy) is 1. The number of nitrogens with zero attached hydrogens (tertiary/aromatic N) is 1. The lowest BCUT2D eigenvalue weighted by Crippen LogP contribution is -2.59. The van der Waals surface area contributed by atoms with Gasteiger partial charge >= 0.3 is 0 Å². The maximum atomic E-state index is 5.61. The molecule has 0 fully saturated rings. The SMILES string of the molecule is CCCNC(CCC(C)(C)OC)C(C)(CC)N(CC)CC. The van der Waals surface area contributed by atoms with Crippen LogP contribution in [0, 0.1) is 0 Å². The highest BCUT2D eigenvalue weighted by Gasteiger charge is 2.37. The van der Waals surface area contributed by atoms with Gasteiger partial charge in [-0.15, -0.1) is 0 Å². The average molecular weight is 301 g/mol. The van der Waals surface area contributed by atoms with Crippen LogP contribution in [0.1, 0.15) is 74.1 Å². The third-order valence-corrected chi connectivity index (χ3v) is 5.18. The van der Waals surface area contributed by atoms with Gasteiger partial charge in [0.05, 0.1) is 5.60 Å². The molecule has 128 valence electrons. The minimum atomic E-state index is -0.0376. The molecule has 0 radical (unpaired) electrons. The summed E-state index contributed by atoms with van der Waals surface area (Å²) < 4.78 is 5.61. The van der Waals surface area contributed by atoms with Gasteiger partial charge in [0, 0.05) is 18.7 Å². The lowest BCUT2D eigenvalue weighted by molar-refractivity contribution is 0.000899. The number of likely N-dealkylation sites (N-methyl/N-ethyl adjacent to an activating group) is 1. The molecule has 0 aromatic heterocycles. The first-order valence-corrected chi connectivity index (χ1v) is 8.84. The highest BCUT2D eigenvalue weighted by molar-refractivity contribution is 4.96. The van der Waals surface area contributed by atoms with Crippen LogP contribution in [0.5, 0.6) is 0 Å². The zero-order chi connectivity index (χ0) is 16.5. The lowest BCUT2D eigenvalue weighted by Gasteiger charge is -2.47. The van der Waals surface area contributed by atoms with Gasteiger partial charge in [0.25, 0.3) is 0 Å². The molecule has 0 heterocycles. The molecule has 0 aliphatic rings. The lowest BCUT2D eigenvalue weighted by atomic mass is 9.82. The Hall–Kier alpha value is -0.120. The van der Waals surface area contributed by atoms with Crippen LogP contribution in [0.25, 0.3) is 0 Å². The summed E-state index contributed by atoms with van der Waals surface area (Å²) in [7, 11) is 1.82. The van der Waals surface area contributed by atoms with E-state index < -0.39 is 0 Å². The first-order chi connectivity index (χ1) is 9.81. The Morgan fingerprint density at radius 1 is 1.05 bits per heavy atom. The highest BCUT2D eigenvalue weighted by Crippen LogP contribution is 2.29. The van der Waals surface area contributed by atoms with Gasteiger partial charge in [-0.2, -0.15) is 0 Å². The van der Waals surface area contributed by atoms with Crippen LogP contribution in [0.3, 0.4) is 0 Å². The van der Waals surface area contributed by atoms with E-state index in [9.17, 15) is 0 Å². The van der Waals surface area contributed by atoms with E-state index in [2.05, 4.69) is 58.7 Å².